The van der Waals surface area contributed by atoms with E-state index in [-0.39, 0.29) is 10.8 Å². The summed E-state index contributed by atoms with van der Waals surface area (Å²) in [6.07, 6.45) is 8.33. The lowest BCUT2D eigenvalue weighted by Crippen LogP contribution is -2.59. The molecule has 0 amide bonds. The van der Waals surface area contributed by atoms with Crippen molar-refractivity contribution in [1.82, 2.24) is 0 Å². The Morgan fingerprint density at radius 1 is 1.31 bits per heavy atom. The van der Waals surface area contributed by atoms with Gasteiger partial charge in [-0.1, -0.05) is 45.1 Å². The minimum absolute atomic E-state index is 0.119. The lowest BCUT2D eigenvalue weighted by Gasteiger charge is -2.62. The molecule has 0 N–H and O–H groups in total. The first-order valence-electron chi connectivity index (χ1n) is 4.83. The molecule has 0 heterocycles. The van der Waals surface area contributed by atoms with E-state index >= 15 is 0 Å². The van der Waals surface area contributed by atoms with Gasteiger partial charge in [-0.3, -0.25) is 0 Å². The Morgan fingerprint density at radius 2 is 2.00 bits per heavy atom. The fourth-order valence-electron chi connectivity index (χ4n) is 2.84. The molecule has 1 heteroatoms. The van der Waals surface area contributed by atoms with Gasteiger partial charge in [0, 0.05) is 5.92 Å². The summed E-state index contributed by atoms with van der Waals surface area (Å²) in [6.45, 7) is 6.63. The molecule has 1 saturated carbocycles. The van der Waals surface area contributed by atoms with Gasteiger partial charge in [0.1, 0.15) is 0 Å². The van der Waals surface area contributed by atoms with E-state index in [1.165, 1.54) is 0 Å². The van der Waals surface area contributed by atoms with E-state index in [4.69, 9.17) is 0 Å². The second kappa shape index (κ2) is 2.26. The van der Waals surface area contributed by atoms with Crippen LogP contribution in [0.5, 0.6) is 0 Å². The number of allylic oxidation sites excluding steroid dienone is 4. The Labute approximate surface area is 79.8 Å². The maximum atomic E-state index is 9.29. The third-order valence-electron chi connectivity index (χ3n) is 4.24. The van der Waals surface area contributed by atoms with Gasteiger partial charge in [0.15, 0.2) is 0 Å². The van der Waals surface area contributed by atoms with Crippen molar-refractivity contribution in [2.24, 2.45) is 22.7 Å². The lowest BCUT2D eigenvalue weighted by atomic mass is 9.39. The maximum Gasteiger partial charge on any atom is 0.0875 e. The van der Waals surface area contributed by atoms with E-state index in [1.54, 1.807) is 0 Å². The summed E-state index contributed by atoms with van der Waals surface area (Å²) in [5.74, 6) is 1.03. The van der Waals surface area contributed by atoms with Gasteiger partial charge < -0.3 is 0 Å². The van der Waals surface area contributed by atoms with Crippen LogP contribution in [0.1, 0.15) is 20.8 Å². The van der Waals surface area contributed by atoms with Crippen LogP contribution in [0, 0.1) is 34.0 Å². The molecule has 0 aromatic heterocycles. The van der Waals surface area contributed by atoms with Crippen molar-refractivity contribution in [3.8, 4) is 6.07 Å². The van der Waals surface area contributed by atoms with E-state index in [1.807, 2.05) is 6.08 Å². The smallest absolute Gasteiger partial charge is 0.0875 e. The van der Waals surface area contributed by atoms with Crippen molar-refractivity contribution in [3.05, 3.63) is 24.3 Å². The first-order chi connectivity index (χ1) is 6.06. The number of nitrogens with zero attached hydrogens (tertiary/aromatic N) is 1. The highest BCUT2D eigenvalue weighted by Crippen LogP contribution is 2.66. The molecule has 1 nitrogen and oxygen atoms in total. The number of rotatable bonds is 0. The van der Waals surface area contributed by atoms with Crippen molar-refractivity contribution in [2.75, 3.05) is 0 Å². The molecule has 3 unspecified atom stereocenters. The quantitative estimate of drug-likeness (QED) is 0.552. The molecule has 1 fully saturated rings. The maximum absolute atomic E-state index is 9.29. The van der Waals surface area contributed by atoms with Gasteiger partial charge in [0.05, 0.1) is 11.5 Å². The standard InChI is InChI=1S/C12H15N/c1-9-10-6-4-5-7-12(10,8-13)11(9,2)3/h4-7,9-10H,1-3H3. The Kier molecular flexibility index (Phi) is 1.49. The second-order valence-corrected chi connectivity index (χ2v) is 4.76. The Balaban J connectivity index is 2.47. The number of nitriles is 1. The van der Waals surface area contributed by atoms with Crippen LogP contribution in [0.15, 0.2) is 24.3 Å². The first kappa shape index (κ1) is 8.56. The SMILES string of the molecule is CC1C2C=CC=CC2(C#N)C1(C)C. The molecule has 2 aliphatic carbocycles. The summed E-state index contributed by atoms with van der Waals surface area (Å²) in [7, 11) is 0. The summed E-state index contributed by atoms with van der Waals surface area (Å²) in [5, 5.41) is 9.29. The average Bonchev–Trinajstić information content (AvgIpc) is 2.16. The highest BCUT2D eigenvalue weighted by molar-refractivity contribution is 5.37. The van der Waals surface area contributed by atoms with Crippen LogP contribution in [-0.2, 0) is 0 Å². The number of fused-ring (bicyclic) bond motifs is 1. The van der Waals surface area contributed by atoms with Gasteiger partial charge in [0.25, 0.3) is 0 Å². The first-order valence-corrected chi connectivity index (χ1v) is 4.83. The molecular weight excluding hydrogens is 158 g/mol. The van der Waals surface area contributed by atoms with E-state index in [9.17, 15) is 5.26 Å². The molecule has 2 rings (SSSR count). The summed E-state index contributed by atoms with van der Waals surface area (Å²) >= 11 is 0. The van der Waals surface area contributed by atoms with E-state index < -0.39 is 0 Å². The zero-order chi connectivity index (χ0) is 9.69. The predicted octanol–water partition coefficient (Wildman–Crippen LogP) is 2.91. The lowest BCUT2D eigenvalue weighted by molar-refractivity contribution is -0.0845. The minimum atomic E-state index is -0.235. The zero-order valence-corrected chi connectivity index (χ0v) is 8.41. The Bertz CT molecular complexity index is 330. The molecule has 0 aromatic carbocycles. The van der Waals surface area contributed by atoms with E-state index in [2.05, 4.69) is 45.1 Å². The highest BCUT2D eigenvalue weighted by atomic mass is 14.7. The molecule has 68 valence electrons. The molecular formula is C12H15N. The Hall–Kier alpha value is -1.03. The second-order valence-electron chi connectivity index (χ2n) is 4.76. The van der Waals surface area contributed by atoms with Crippen LogP contribution in [0.2, 0.25) is 0 Å². The van der Waals surface area contributed by atoms with Crippen LogP contribution in [0.4, 0.5) is 0 Å². The third kappa shape index (κ3) is 0.722. The number of hydrogen-bond donors (Lipinski definition) is 0. The van der Waals surface area contributed by atoms with Crippen LogP contribution in [0.3, 0.4) is 0 Å². The average molecular weight is 173 g/mol. The molecule has 2 aliphatic rings. The molecule has 3 atom stereocenters. The molecule has 0 spiro atoms. The predicted molar refractivity (Wildman–Crippen MR) is 52.8 cm³/mol. The summed E-state index contributed by atoms with van der Waals surface area (Å²) in [4.78, 5) is 0. The van der Waals surface area contributed by atoms with Gasteiger partial charge >= 0.3 is 0 Å². The minimum Gasteiger partial charge on any atom is -0.197 e. The van der Waals surface area contributed by atoms with Crippen LogP contribution in [-0.4, -0.2) is 0 Å². The van der Waals surface area contributed by atoms with Crippen LogP contribution < -0.4 is 0 Å². The molecule has 13 heavy (non-hydrogen) atoms. The molecule has 0 bridgehead atoms. The van der Waals surface area contributed by atoms with Crippen molar-refractivity contribution >= 4 is 0 Å². The molecule has 0 aliphatic heterocycles. The molecule has 0 radical (unpaired) electrons. The van der Waals surface area contributed by atoms with Gasteiger partial charge in [-0.15, -0.1) is 0 Å². The van der Waals surface area contributed by atoms with Gasteiger partial charge in [0.2, 0.25) is 0 Å². The number of hydrogen-bond acceptors (Lipinski definition) is 1. The van der Waals surface area contributed by atoms with Gasteiger partial charge in [-0.05, 0) is 11.3 Å². The summed E-state index contributed by atoms with van der Waals surface area (Å²) in [6, 6.07) is 2.50. The summed E-state index contributed by atoms with van der Waals surface area (Å²) < 4.78 is 0. The molecule has 0 aromatic rings. The van der Waals surface area contributed by atoms with Crippen molar-refractivity contribution < 1.29 is 0 Å². The monoisotopic (exact) mass is 173 g/mol. The van der Waals surface area contributed by atoms with E-state index in [0.29, 0.717) is 11.8 Å². The van der Waals surface area contributed by atoms with Gasteiger partial charge in [-0.2, -0.15) is 5.26 Å². The van der Waals surface area contributed by atoms with Crippen LogP contribution in [0.25, 0.3) is 0 Å². The largest absolute Gasteiger partial charge is 0.197 e. The van der Waals surface area contributed by atoms with Gasteiger partial charge in [-0.25, -0.2) is 0 Å². The van der Waals surface area contributed by atoms with Crippen molar-refractivity contribution in [2.45, 2.75) is 20.8 Å². The third-order valence-corrected chi connectivity index (χ3v) is 4.24. The summed E-state index contributed by atoms with van der Waals surface area (Å²) in [5.41, 5.74) is -0.116. The van der Waals surface area contributed by atoms with E-state index in [0.717, 1.165) is 0 Å². The fraction of sp³-hybridized carbons (Fsp3) is 0.583. The normalized spacial score (nSPS) is 44.8. The van der Waals surface area contributed by atoms with Crippen molar-refractivity contribution in [1.29, 1.82) is 5.26 Å². The fourth-order valence-corrected chi connectivity index (χ4v) is 2.84. The highest BCUT2D eigenvalue weighted by Gasteiger charge is 2.63. The molecule has 0 saturated heterocycles. The Morgan fingerprint density at radius 3 is 2.54 bits per heavy atom. The van der Waals surface area contributed by atoms with Crippen LogP contribution >= 0.6 is 0 Å². The topological polar surface area (TPSA) is 23.8 Å². The zero-order valence-electron chi connectivity index (χ0n) is 8.41. The van der Waals surface area contributed by atoms with Crippen molar-refractivity contribution in [3.63, 3.8) is 0 Å².